The molecule has 0 atom stereocenters. The topological polar surface area (TPSA) is 80.6 Å². The molecule has 4 aromatic carbocycles. The third-order valence-electron chi connectivity index (χ3n) is 5.70. The normalized spacial score (nSPS) is 10.9. The van der Waals surface area contributed by atoms with Crippen LogP contribution in [0, 0.1) is 11.3 Å². The Morgan fingerprint density at radius 2 is 1.65 bits per heavy atom. The highest BCUT2D eigenvalue weighted by atomic mass is 35.5. The second-order valence-electron chi connectivity index (χ2n) is 8.59. The molecule has 0 heterocycles. The Morgan fingerprint density at radius 1 is 0.875 bits per heavy atom. The Morgan fingerprint density at radius 3 is 2.35 bits per heavy atom. The Bertz CT molecular complexity index is 1530. The van der Waals surface area contributed by atoms with E-state index in [9.17, 15) is 10.1 Å². The molecule has 0 spiro atoms. The molecule has 40 heavy (non-hydrogen) atoms. The maximum Gasteiger partial charge on any atom is 0.266 e. The van der Waals surface area contributed by atoms with Gasteiger partial charge in [0.05, 0.1) is 6.61 Å². The number of hydrogen-bond donors (Lipinski definition) is 1. The van der Waals surface area contributed by atoms with Crippen molar-refractivity contribution in [2.75, 3.05) is 11.9 Å². The fourth-order valence-electron chi connectivity index (χ4n) is 3.69. The van der Waals surface area contributed by atoms with E-state index in [4.69, 9.17) is 37.4 Å². The molecule has 1 amide bonds. The zero-order valence-corrected chi connectivity index (χ0v) is 23.2. The third-order valence-corrected chi connectivity index (χ3v) is 6.29. The summed E-state index contributed by atoms with van der Waals surface area (Å²) in [5, 5.41) is 13.5. The molecular formula is C32H26Cl2N2O4. The van der Waals surface area contributed by atoms with Crippen LogP contribution in [0.4, 0.5) is 5.69 Å². The van der Waals surface area contributed by atoms with Gasteiger partial charge in [-0.15, -0.1) is 0 Å². The van der Waals surface area contributed by atoms with Crippen molar-refractivity contribution in [3.05, 3.63) is 123 Å². The molecule has 0 aromatic heterocycles. The SMILES string of the molecule is CCOc1cc(/C=C(\C#N)C(=O)Nc2ccc(OCc3ccccc3)cc2)ccc1OCc1ccc(Cl)cc1Cl. The van der Waals surface area contributed by atoms with E-state index in [2.05, 4.69) is 5.32 Å². The first-order chi connectivity index (χ1) is 19.4. The lowest BCUT2D eigenvalue weighted by Gasteiger charge is -2.13. The van der Waals surface area contributed by atoms with Crippen molar-refractivity contribution in [3.63, 3.8) is 0 Å². The summed E-state index contributed by atoms with van der Waals surface area (Å²) < 4.78 is 17.5. The van der Waals surface area contributed by atoms with Crippen LogP contribution < -0.4 is 19.5 Å². The van der Waals surface area contributed by atoms with Crippen molar-refractivity contribution < 1.29 is 19.0 Å². The molecule has 6 nitrogen and oxygen atoms in total. The molecule has 0 unspecified atom stereocenters. The molecule has 0 fully saturated rings. The van der Waals surface area contributed by atoms with Crippen LogP contribution in [-0.4, -0.2) is 12.5 Å². The van der Waals surface area contributed by atoms with Crippen molar-refractivity contribution in [2.45, 2.75) is 20.1 Å². The average molecular weight is 573 g/mol. The van der Waals surface area contributed by atoms with Gasteiger partial charge in [0.1, 0.15) is 30.6 Å². The first-order valence-corrected chi connectivity index (χ1v) is 13.2. The number of nitrogens with zero attached hydrogens (tertiary/aromatic N) is 1. The van der Waals surface area contributed by atoms with Gasteiger partial charge in [0.2, 0.25) is 0 Å². The number of carbonyl (C=O) groups excluding carboxylic acids is 1. The summed E-state index contributed by atoms with van der Waals surface area (Å²) in [5.41, 5.74) is 2.92. The van der Waals surface area contributed by atoms with E-state index in [1.165, 1.54) is 6.08 Å². The highest BCUT2D eigenvalue weighted by Crippen LogP contribution is 2.31. The molecule has 0 aliphatic heterocycles. The Balaban J connectivity index is 1.41. The zero-order valence-electron chi connectivity index (χ0n) is 21.7. The zero-order chi connectivity index (χ0) is 28.3. The molecule has 1 N–H and O–H groups in total. The van der Waals surface area contributed by atoms with Crippen molar-refractivity contribution in [1.29, 1.82) is 5.26 Å². The van der Waals surface area contributed by atoms with Crippen molar-refractivity contribution in [2.24, 2.45) is 0 Å². The molecule has 0 saturated heterocycles. The maximum absolute atomic E-state index is 12.8. The summed E-state index contributed by atoms with van der Waals surface area (Å²) in [6, 6.07) is 29.1. The predicted octanol–water partition coefficient (Wildman–Crippen LogP) is 8.10. The summed E-state index contributed by atoms with van der Waals surface area (Å²) >= 11 is 12.2. The summed E-state index contributed by atoms with van der Waals surface area (Å²) in [6.45, 7) is 2.92. The van der Waals surface area contributed by atoms with Gasteiger partial charge in [-0.1, -0.05) is 65.7 Å². The smallest absolute Gasteiger partial charge is 0.266 e. The third kappa shape index (κ3) is 8.03. The fraction of sp³-hybridized carbons (Fsp3) is 0.125. The van der Waals surface area contributed by atoms with Crippen molar-refractivity contribution >= 4 is 40.9 Å². The second kappa shape index (κ2) is 14.1. The largest absolute Gasteiger partial charge is 0.490 e. The van der Waals surface area contributed by atoms with Crippen molar-refractivity contribution in [1.82, 2.24) is 0 Å². The Hall–Kier alpha value is -4.44. The van der Waals surface area contributed by atoms with Crippen LogP contribution in [0.5, 0.6) is 17.2 Å². The van der Waals surface area contributed by atoms with E-state index in [1.54, 1.807) is 60.7 Å². The summed E-state index contributed by atoms with van der Waals surface area (Å²) in [4.78, 5) is 12.8. The van der Waals surface area contributed by atoms with Gasteiger partial charge in [-0.05, 0) is 72.7 Å². The van der Waals surface area contributed by atoms with Crippen LogP contribution in [0.15, 0.2) is 96.6 Å². The van der Waals surface area contributed by atoms with Crippen molar-refractivity contribution in [3.8, 4) is 23.3 Å². The first-order valence-electron chi connectivity index (χ1n) is 12.5. The fourth-order valence-corrected chi connectivity index (χ4v) is 4.15. The lowest BCUT2D eigenvalue weighted by atomic mass is 10.1. The number of ether oxygens (including phenoxy) is 3. The number of carbonyl (C=O) groups is 1. The summed E-state index contributed by atoms with van der Waals surface area (Å²) in [7, 11) is 0. The monoisotopic (exact) mass is 572 g/mol. The highest BCUT2D eigenvalue weighted by Gasteiger charge is 2.13. The van der Waals surface area contributed by atoms with Crippen LogP contribution in [0.25, 0.3) is 6.08 Å². The van der Waals surface area contributed by atoms with Gasteiger partial charge >= 0.3 is 0 Å². The minimum Gasteiger partial charge on any atom is -0.490 e. The molecular weight excluding hydrogens is 547 g/mol. The number of amides is 1. The van der Waals surface area contributed by atoms with E-state index in [0.717, 1.165) is 11.1 Å². The standard InChI is InChI=1S/C32H26Cl2N2O4/c1-2-38-31-17-23(8-15-30(31)40-21-24-9-10-26(33)18-29(24)34)16-25(19-35)32(37)36-27-11-13-28(14-12-27)39-20-22-6-4-3-5-7-22/h3-18H,2,20-21H2,1H3,(H,36,37)/b25-16+. The average Bonchev–Trinajstić information content (AvgIpc) is 2.96. The Kier molecular flexibility index (Phi) is 10.1. The number of halogens is 2. The molecule has 8 heteroatoms. The van der Waals surface area contributed by atoms with Gasteiger partial charge in [0.15, 0.2) is 11.5 Å². The minimum absolute atomic E-state index is 0.0616. The number of nitrogens with one attached hydrogen (secondary N) is 1. The minimum atomic E-state index is -0.531. The number of benzene rings is 4. The summed E-state index contributed by atoms with van der Waals surface area (Å²) in [6.07, 6.45) is 1.50. The van der Waals surface area contributed by atoms with Crippen LogP contribution in [-0.2, 0) is 18.0 Å². The van der Waals surface area contributed by atoms with Crippen LogP contribution in [0.2, 0.25) is 10.0 Å². The van der Waals surface area contributed by atoms with Crippen LogP contribution >= 0.6 is 23.2 Å². The van der Waals surface area contributed by atoms with E-state index in [1.807, 2.05) is 43.3 Å². The quantitative estimate of drug-likeness (QED) is 0.145. The van der Waals surface area contributed by atoms with Crippen LogP contribution in [0.1, 0.15) is 23.6 Å². The second-order valence-corrected chi connectivity index (χ2v) is 9.43. The van der Waals surface area contributed by atoms with E-state index in [-0.39, 0.29) is 12.2 Å². The van der Waals surface area contributed by atoms with E-state index < -0.39 is 5.91 Å². The van der Waals surface area contributed by atoms with Gasteiger partial charge in [0.25, 0.3) is 5.91 Å². The van der Waals surface area contributed by atoms with Crippen LogP contribution in [0.3, 0.4) is 0 Å². The number of rotatable bonds is 11. The van der Waals surface area contributed by atoms with Gasteiger partial charge in [-0.3, -0.25) is 4.79 Å². The molecule has 202 valence electrons. The van der Waals surface area contributed by atoms with E-state index >= 15 is 0 Å². The molecule has 4 rings (SSSR count). The van der Waals surface area contributed by atoms with Gasteiger partial charge in [0, 0.05) is 21.3 Å². The number of hydrogen-bond acceptors (Lipinski definition) is 5. The van der Waals surface area contributed by atoms with Gasteiger partial charge in [-0.2, -0.15) is 5.26 Å². The Labute approximate surface area is 243 Å². The lowest BCUT2D eigenvalue weighted by Crippen LogP contribution is -2.13. The number of nitriles is 1. The molecule has 0 bridgehead atoms. The predicted molar refractivity (Wildman–Crippen MR) is 158 cm³/mol. The molecule has 0 aliphatic rings. The highest BCUT2D eigenvalue weighted by molar-refractivity contribution is 6.35. The first kappa shape index (κ1) is 28.6. The lowest BCUT2D eigenvalue weighted by molar-refractivity contribution is -0.112. The molecule has 0 aliphatic carbocycles. The molecule has 0 radical (unpaired) electrons. The summed E-state index contributed by atoms with van der Waals surface area (Å²) in [5.74, 6) is 1.12. The molecule has 4 aromatic rings. The van der Waals surface area contributed by atoms with E-state index in [0.29, 0.717) is 51.8 Å². The van der Waals surface area contributed by atoms with Gasteiger partial charge < -0.3 is 19.5 Å². The maximum atomic E-state index is 12.8. The number of anilines is 1. The molecule has 0 saturated carbocycles. The van der Waals surface area contributed by atoms with Gasteiger partial charge in [-0.25, -0.2) is 0 Å².